The molecular weight excluding hydrogens is 543 g/mol. The van der Waals surface area contributed by atoms with Crippen molar-refractivity contribution in [2.24, 2.45) is 0 Å². The van der Waals surface area contributed by atoms with Crippen molar-refractivity contribution in [2.45, 2.75) is 22.2 Å². The van der Waals surface area contributed by atoms with E-state index in [4.69, 9.17) is 0 Å². The molecule has 2 rings (SSSR count). The molecular formula is C15H4Br2F9S. The third kappa shape index (κ3) is 4.42. The summed E-state index contributed by atoms with van der Waals surface area (Å²) in [5, 5.41) is -5.63. The molecule has 0 saturated carbocycles. The Morgan fingerprint density at radius 3 is 2.04 bits per heavy atom. The van der Waals surface area contributed by atoms with E-state index in [1.54, 1.807) is 0 Å². The average molecular weight is 547 g/mol. The monoisotopic (exact) mass is 545 g/mol. The van der Waals surface area contributed by atoms with Crippen molar-refractivity contribution in [1.82, 2.24) is 0 Å². The van der Waals surface area contributed by atoms with Gasteiger partial charge in [0.1, 0.15) is 11.6 Å². The van der Waals surface area contributed by atoms with Crippen LogP contribution in [-0.4, -0.2) is 17.4 Å². The molecule has 147 valence electrons. The predicted octanol–water partition coefficient (Wildman–Crippen LogP) is 7.84. The van der Waals surface area contributed by atoms with Crippen molar-refractivity contribution in [3.63, 3.8) is 0 Å². The molecule has 12 heteroatoms. The van der Waals surface area contributed by atoms with E-state index in [-0.39, 0.29) is 8.95 Å². The summed E-state index contributed by atoms with van der Waals surface area (Å²) in [6, 6.07) is 5.15. The Kier molecular flexibility index (Phi) is 6.23. The molecule has 0 nitrogen and oxygen atoms in total. The largest absolute Gasteiger partial charge is 0.460 e. The van der Waals surface area contributed by atoms with Gasteiger partial charge in [0.2, 0.25) is 0 Å². The van der Waals surface area contributed by atoms with Crippen LogP contribution in [-0.2, 0) is 0 Å². The molecule has 0 aromatic heterocycles. The summed E-state index contributed by atoms with van der Waals surface area (Å²) in [7, 11) is 0. The predicted molar refractivity (Wildman–Crippen MR) is 87.8 cm³/mol. The van der Waals surface area contributed by atoms with E-state index in [2.05, 4.69) is 37.9 Å². The maximum atomic E-state index is 14.0. The second kappa shape index (κ2) is 7.51. The Labute approximate surface area is 167 Å². The second-order valence-electron chi connectivity index (χ2n) is 4.99. The normalized spacial score (nSPS) is 13.1. The molecule has 27 heavy (non-hydrogen) atoms. The average Bonchev–Trinajstić information content (AvgIpc) is 2.48. The summed E-state index contributed by atoms with van der Waals surface area (Å²) in [5.41, 5.74) is -1.18. The van der Waals surface area contributed by atoms with Crippen LogP contribution >= 0.6 is 43.6 Å². The molecule has 0 fully saturated rings. The first-order valence-corrected chi connectivity index (χ1v) is 8.95. The van der Waals surface area contributed by atoms with Crippen LogP contribution in [0.1, 0.15) is 0 Å². The molecule has 0 N–H and O–H groups in total. The van der Waals surface area contributed by atoms with Gasteiger partial charge < -0.3 is 0 Å². The fourth-order valence-corrected chi connectivity index (χ4v) is 4.51. The van der Waals surface area contributed by atoms with Crippen LogP contribution in [0.2, 0.25) is 0 Å². The van der Waals surface area contributed by atoms with Crippen LogP contribution in [0.3, 0.4) is 0 Å². The smallest absolute Gasteiger partial charge is 0.207 e. The standard InChI is InChI=1S/C15H4Br2F9S/c16-6-3-9(17)12(8-5-7(18)1-2-10(8)19)11(4-6)27-15(25,26)13(20,21)14(22,23)24/h1-2,4-5H. The lowest BCUT2D eigenvalue weighted by molar-refractivity contribution is -0.330. The minimum atomic E-state index is -6.52. The highest BCUT2D eigenvalue weighted by atomic mass is 79.9. The first-order valence-electron chi connectivity index (χ1n) is 6.55. The summed E-state index contributed by atoms with van der Waals surface area (Å²) in [5.74, 6) is -8.47. The SMILES string of the molecule is Fc1ccc(F)c(-c2c(Br)[c]c(Br)cc2SC(F)(F)C(F)(F)C(F)(F)F)c1. The number of hydrogen-bond acceptors (Lipinski definition) is 1. The molecule has 0 amide bonds. The highest BCUT2D eigenvalue weighted by Crippen LogP contribution is 2.56. The summed E-state index contributed by atoms with van der Waals surface area (Å²) in [4.78, 5) is -0.856. The van der Waals surface area contributed by atoms with E-state index in [1.165, 1.54) is 0 Å². The zero-order valence-electron chi connectivity index (χ0n) is 12.4. The van der Waals surface area contributed by atoms with Crippen LogP contribution in [0, 0.1) is 17.7 Å². The topological polar surface area (TPSA) is 0 Å². The minimum absolute atomic E-state index is 0.0939. The summed E-state index contributed by atoms with van der Waals surface area (Å²) >= 11 is 4.55. The Morgan fingerprint density at radius 1 is 0.889 bits per heavy atom. The lowest BCUT2D eigenvalue weighted by Crippen LogP contribution is -2.49. The van der Waals surface area contributed by atoms with Crippen molar-refractivity contribution in [3.8, 4) is 11.1 Å². The van der Waals surface area contributed by atoms with Crippen LogP contribution in [0.15, 0.2) is 38.1 Å². The van der Waals surface area contributed by atoms with Gasteiger partial charge in [-0.15, -0.1) is 0 Å². The highest BCUT2D eigenvalue weighted by Gasteiger charge is 2.73. The molecule has 0 atom stereocenters. The fourth-order valence-electron chi connectivity index (χ4n) is 1.89. The van der Waals surface area contributed by atoms with E-state index in [0.29, 0.717) is 18.2 Å². The van der Waals surface area contributed by atoms with Gasteiger partial charge in [-0.25, -0.2) is 8.78 Å². The summed E-state index contributed by atoms with van der Waals surface area (Å²) < 4.78 is 118. The van der Waals surface area contributed by atoms with Crippen molar-refractivity contribution in [3.05, 3.63) is 50.9 Å². The first kappa shape index (κ1) is 22.4. The third-order valence-electron chi connectivity index (χ3n) is 3.11. The minimum Gasteiger partial charge on any atom is -0.207 e. The lowest BCUT2D eigenvalue weighted by Gasteiger charge is -2.28. The Bertz CT molecular complexity index is 865. The van der Waals surface area contributed by atoms with Gasteiger partial charge in [0.15, 0.2) is 0 Å². The van der Waals surface area contributed by atoms with Gasteiger partial charge in [-0.05, 0) is 52.0 Å². The van der Waals surface area contributed by atoms with Crippen LogP contribution in [0.5, 0.6) is 0 Å². The fraction of sp³-hybridized carbons (Fsp3) is 0.200. The molecule has 0 aliphatic carbocycles. The molecule has 0 aliphatic heterocycles. The van der Waals surface area contributed by atoms with Crippen LogP contribution < -0.4 is 0 Å². The second-order valence-corrected chi connectivity index (χ2v) is 7.79. The molecule has 1 radical (unpaired) electrons. The van der Waals surface area contributed by atoms with Gasteiger partial charge in [0, 0.05) is 31.0 Å². The van der Waals surface area contributed by atoms with E-state index in [1.807, 2.05) is 0 Å². The molecule has 0 saturated heterocycles. The molecule has 2 aromatic carbocycles. The zero-order chi connectivity index (χ0) is 20.8. The number of halogens is 11. The Balaban J connectivity index is 2.66. The third-order valence-corrected chi connectivity index (χ3v) is 5.19. The highest BCUT2D eigenvalue weighted by molar-refractivity contribution is 9.11. The molecule has 0 aliphatic rings. The zero-order valence-corrected chi connectivity index (χ0v) is 16.4. The maximum absolute atomic E-state index is 14.0. The quantitative estimate of drug-likeness (QED) is 0.278. The van der Waals surface area contributed by atoms with E-state index < -0.39 is 56.8 Å². The van der Waals surface area contributed by atoms with Gasteiger partial charge in [0.25, 0.3) is 0 Å². The van der Waals surface area contributed by atoms with E-state index in [0.717, 1.165) is 6.07 Å². The molecule has 0 heterocycles. The van der Waals surface area contributed by atoms with Gasteiger partial charge in [-0.3, -0.25) is 0 Å². The van der Waals surface area contributed by atoms with Crippen molar-refractivity contribution in [1.29, 1.82) is 0 Å². The van der Waals surface area contributed by atoms with Gasteiger partial charge >= 0.3 is 17.4 Å². The molecule has 0 bridgehead atoms. The Morgan fingerprint density at radius 2 is 1.48 bits per heavy atom. The molecule has 2 aromatic rings. The maximum Gasteiger partial charge on any atom is 0.460 e. The van der Waals surface area contributed by atoms with E-state index >= 15 is 0 Å². The van der Waals surface area contributed by atoms with Gasteiger partial charge in [0.05, 0.1) is 0 Å². The summed E-state index contributed by atoms with van der Waals surface area (Å²) in [6.07, 6.45) is -6.52. The number of thioether (sulfide) groups is 1. The first-order chi connectivity index (χ1) is 12.2. The van der Waals surface area contributed by atoms with Gasteiger partial charge in [-0.1, -0.05) is 15.9 Å². The van der Waals surface area contributed by atoms with Gasteiger partial charge in [-0.2, -0.15) is 30.7 Å². The van der Waals surface area contributed by atoms with Crippen LogP contribution in [0.4, 0.5) is 39.5 Å². The number of hydrogen-bond donors (Lipinski definition) is 0. The number of benzene rings is 2. The van der Waals surface area contributed by atoms with Crippen molar-refractivity contribution >= 4 is 43.6 Å². The number of alkyl halides is 7. The van der Waals surface area contributed by atoms with E-state index in [9.17, 15) is 39.5 Å². The Hall–Kier alpha value is -0.880. The van der Waals surface area contributed by atoms with Crippen molar-refractivity contribution < 1.29 is 39.5 Å². The van der Waals surface area contributed by atoms with Crippen molar-refractivity contribution in [2.75, 3.05) is 0 Å². The lowest BCUT2D eigenvalue weighted by atomic mass is 10.0. The number of rotatable bonds is 4. The molecule has 0 unspecified atom stereocenters. The molecule has 0 spiro atoms. The summed E-state index contributed by atoms with van der Waals surface area (Å²) in [6.45, 7) is 0. The van der Waals surface area contributed by atoms with Crippen LogP contribution in [0.25, 0.3) is 11.1 Å².